The van der Waals surface area contributed by atoms with Crippen LogP contribution in [-0.2, 0) is 6.42 Å². The Kier molecular flexibility index (Phi) is 5.06. The number of phenols is 1. The lowest BCUT2D eigenvalue weighted by atomic mass is 10.2. The minimum absolute atomic E-state index is 0.320. The molecule has 2 heteroatoms. The molecule has 0 aliphatic carbocycles. The van der Waals surface area contributed by atoms with E-state index in [2.05, 4.69) is 19.1 Å². The maximum atomic E-state index is 9.16. The van der Waals surface area contributed by atoms with Crippen molar-refractivity contribution in [3.05, 3.63) is 41.3 Å². The summed E-state index contributed by atoms with van der Waals surface area (Å²) in [6.07, 6.45) is 1.09. The molecule has 0 saturated carbocycles. The summed E-state index contributed by atoms with van der Waals surface area (Å²) in [5.41, 5.74) is 1.17. The van der Waals surface area contributed by atoms with Crippen LogP contribution in [0.25, 0.3) is 10.4 Å². The Bertz CT molecular complexity index is 415. The zero-order valence-electron chi connectivity index (χ0n) is 10.0. The van der Waals surface area contributed by atoms with Crippen LogP contribution in [0.1, 0.15) is 25.6 Å². The molecule has 0 spiro atoms. The molecule has 2 aromatic rings. The molecule has 1 nitrogen and oxygen atoms in total. The van der Waals surface area contributed by atoms with Gasteiger partial charge in [-0.25, -0.2) is 0 Å². The van der Waals surface area contributed by atoms with Crippen molar-refractivity contribution in [2.24, 2.45) is 0 Å². The molecule has 1 aromatic carbocycles. The largest absolute Gasteiger partial charge is 0.508 e. The van der Waals surface area contributed by atoms with Crippen LogP contribution in [0.2, 0.25) is 0 Å². The highest BCUT2D eigenvalue weighted by atomic mass is 32.1. The van der Waals surface area contributed by atoms with Crippen molar-refractivity contribution in [2.45, 2.75) is 27.2 Å². The highest BCUT2D eigenvalue weighted by molar-refractivity contribution is 7.15. The standard InChI is InChI=1S/C12H12OS.C2H6/c1-2-11-7-8-12(14-11)9-3-5-10(13)6-4-9;1-2/h3-8,13H,2H2,1H3;1-2H3. The first-order chi connectivity index (χ1) is 7.79. The molecule has 0 aliphatic heterocycles. The summed E-state index contributed by atoms with van der Waals surface area (Å²) in [4.78, 5) is 2.66. The van der Waals surface area contributed by atoms with E-state index in [0.717, 1.165) is 6.42 Å². The summed E-state index contributed by atoms with van der Waals surface area (Å²) in [6, 6.07) is 11.6. The minimum atomic E-state index is 0.320. The van der Waals surface area contributed by atoms with Crippen LogP contribution in [0.3, 0.4) is 0 Å². The molecule has 1 aromatic heterocycles. The third-order valence-electron chi connectivity index (χ3n) is 2.16. The zero-order valence-corrected chi connectivity index (χ0v) is 10.8. The Labute approximate surface area is 101 Å². The number of thiophene rings is 1. The molecule has 0 amide bonds. The monoisotopic (exact) mass is 234 g/mol. The molecular formula is C14H18OS. The molecule has 0 radical (unpaired) electrons. The van der Waals surface area contributed by atoms with Crippen LogP contribution in [0.15, 0.2) is 36.4 Å². The van der Waals surface area contributed by atoms with Crippen LogP contribution in [0.5, 0.6) is 5.75 Å². The Hall–Kier alpha value is -1.28. The smallest absolute Gasteiger partial charge is 0.115 e. The van der Waals surface area contributed by atoms with Gasteiger partial charge in [-0.05, 0) is 48.4 Å². The van der Waals surface area contributed by atoms with Gasteiger partial charge in [-0.3, -0.25) is 0 Å². The third-order valence-corrected chi connectivity index (χ3v) is 3.44. The van der Waals surface area contributed by atoms with E-state index in [0.29, 0.717) is 5.75 Å². The van der Waals surface area contributed by atoms with Crippen LogP contribution in [0, 0.1) is 0 Å². The number of hydrogen-bond donors (Lipinski definition) is 1. The topological polar surface area (TPSA) is 20.2 Å². The molecule has 0 bridgehead atoms. The number of phenolic OH excluding ortho intramolecular Hbond substituents is 1. The van der Waals surface area contributed by atoms with Crippen molar-refractivity contribution in [1.29, 1.82) is 0 Å². The van der Waals surface area contributed by atoms with Crippen molar-refractivity contribution in [3.63, 3.8) is 0 Å². The molecule has 1 N–H and O–H groups in total. The summed E-state index contributed by atoms with van der Waals surface area (Å²) >= 11 is 1.81. The summed E-state index contributed by atoms with van der Waals surface area (Å²) < 4.78 is 0. The van der Waals surface area contributed by atoms with Gasteiger partial charge in [-0.15, -0.1) is 11.3 Å². The summed E-state index contributed by atoms with van der Waals surface area (Å²) in [7, 11) is 0. The normalized spacial score (nSPS) is 9.44. The fourth-order valence-corrected chi connectivity index (χ4v) is 2.30. The first-order valence-electron chi connectivity index (χ1n) is 5.67. The maximum Gasteiger partial charge on any atom is 0.115 e. The van der Waals surface area contributed by atoms with E-state index in [1.165, 1.54) is 15.3 Å². The molecule has 0 aliphatic rings. The van der Waals surface area contributed by atoms with E-state index in [4.69, 9.17) is 5.11 Å². The Morgan fingerprint density at radius 3 is 2.12 bits per heavy atom. The predicted octanol–water partition coefficient (Wildman–Crippen LogP) is 4.71. The van der Waals surface area contributed by atoms with E-state index in [1.54, 1.807) is 12.1 Å². The molecular weight excluding hydrogens is 216 g/mol. The van der Waals surface area contributed by atoms with Crippen LogP contribution in [-0.4, -0.2) is 5.11 Å². The molecule has 86 valence electrons. The lowest BCUT2D eigenvalue weighted by Crippen LogP contribution is -1.70. The van der Waals surface area contributed by atoms with Gasteiger partial charge in [0.25, 0.3) is 0 Å². The van der Waals surface area contributed by atoms with E-state index in [-0.39, 0.29) is 0 Å². The number of aryl methyl sites for hydroxylation is 1. The second-order valence-corrected chi connectivity index (χ2v) is 4.33. The van der Waals surface area contributed by atoms with Crippen molar-refractivity contribution in [3.8, 4) is 16.2 Å². The van der Waals surface area contributed by atoms with E-state index in [1.807, 2.05) is 37.3 Å². The summed E-state index contributed by atoms with van der Waals surface area (Å²) in [6.45, 7) is 6.16. The number of hydrogen-bond acceptors (Lipinski definition) is 2. The highest BCUT2D eigenvalue weighted by Gasteiger charge is 2.01. The molecule has 2 rings (SSSR count). The highest BCUT2D eigenvalue weighted by Crippen LogP contribution is 2.29. The lowest BCUT2D eigenvalue weighted by molar-refractivity contribution is 0.475. The van der Waals surface area contributed by atoms with Crippen LogP contribution in [0.4, 0.5) is 0 Å². The van der Waals surface area contributed by atoms with Crippen LogP contribution >= 0.6 is 11.3 Å². The van der Waals surface area contributed by atoms with Crippen molar-refractivity contribution >= 4 is 11.3 Å². The number of benzene rings is 1. The minimum Gasteiger partial charge on any atom is -0.508 e. The lowest BCUT2D eigenvalue weighted by Gasteiger charge is -1.96. The molecule has 1 heterocycles. The maximum absolute atomic E-state index is 9.16. The quantitative estimate of drug-likeness (QED) is 0.798. The van der Waals surface area contributed by atoms with Crippen LogP contribution < -0.4 is 0 Å². The second kappa shape index (κ2) is 6.33. The fraction of sp³-hybridized carbons (Fsp3) is 0.286. The van der Waals surface area contributed by atoms with Gasteiger partial charge in [0.2, 0.25) is 0 Å². The van der Waals surface area contributed by atoms with E-state index in [9.17, 15) is 0 Å². The predicted molar refractivity (Wildman–Crippen MR) is 72.1 cm³/mol. The van der Waals surface area contributed by atoms with Crippen molar-refractivity contribution in [1.82, 2.24) is 0 Å². The van der Waals surface area contributed by atoms with Crippen molar-refractivity contribution in [2.75, 3.05) is 0 Å². The Balaban J connectivity index is 0.000000606. The molecule has 0 fully saturated rings. The third kappa shape index (κ3) is 3.11. The van der Waals surface area contributed by atoms with E-state index >= 15 is 0 Å². The van der Waals surface area contributed by atoms with Gasteiger partial charge in [0.15, 0.2) is 0 Å². The van der Waals surface area contributed by atoms with Gasteiger partial charge in [0, 0.05) is 9.75 Å². The molecule has 0 unspecified atom stereocenters. The summed E-state index contributed by atoms with van der Waals surface area (Å²) in [5.74, 6) is 0.320. The second-order valence-electron chi connectivity index (χ2n) is 3.17. The van der Waals surface area contributed by atoms with Gasteiger partial charge in [-0.1, -0.05) is 20.8 Å². The van der Waals surface area contributed by atoms with Gasteiger partial charge < -0.3 is 5.11 Å². The SMILES string of the molecule is CC.CCc1ccc(-c2ccc(O)cc2)s1. The van der Waals surface area contributed by atoms with Crippen molar-refractivity contribution < 1.29 is 5.11 Å². The molecule has 0 saturated heterocycles. The molecule has 16 heavy (non-hydrogen) atoms. The molecule has 0 atom stereocenters. The average molecular weight is 234 g/mol. The Morgan fingerprint density at radius 2 is 1.62 bits per heavy atom. The van der Waals surface area contributed by atoms with Gasteiger partial charge >= 0.3 is 0 Å². The Morgan fingerprint density at radius 1 is 1.00 bits per heavy atom. The van der Waals surface area contributed by atoms with Gasteiger partial charge in [0.05, 0.1) is 0 Å². The first kappa shape index (κ1) is 12.8. The van der Waals surface area contributed by atoms with E-state index < -0.39 is 0 Å². The fourth-order valence-electron chi connectivity index (χ4n) is 1.35. The number of rotatable bonds is 2. The summed E-state index contributed by atoms with van der Waals surface area (Å²) in [5, 5.41) is 9.16. The first-order valence-corrected chi connectivity index (χ1v) is 6.49. The number of aromatic hydroxyl groups is 1. The zero-order chi connectivity index (χ0) is 12.0. The average Bonchev–Trinajstić information content (AvgIpc) is 2.81. The van der Waals surface area contributed by atoms with Gasteiger partial charge in [0.1, 0.15) is 5.75 Å². The van der Waals surface area contributed by atoms with Gasteiger partial charge in [-0.2, -0.15) is 0 Å².